The van der Waals surface area contributed by atoms with Gasteiger partial charge in [-0.05, 0) is 38.0 Å². The van der Waals surface area contributed by atoms with Crippen LogP contribution in [0.5, 0.6) is 11.5 Å². The van der Waals surface area contributed by atoms with Crippen LogP contribution < -0.4 is 9.47 Å². The first-order valence-electron chi connectivity index (χ1n) is 10.6. The van der Waals surface area contributed by atoms with E-state index in [9.17, 15) is 14.7 Å². The smallest absolute Gasteiger partial charge is 0.295 e. The van der Waals surface area contributed by atoms with Gasteiger partial charge in [0.1, 0.15) is 22.8 Å². The van der Waals surface area contributed by atoms with Crippen molar-refractivity contribution in [3.8, 4) is 11.5 Å². The Labute approximate surface area is 188 Å². The predicted molar refractivity (Wildman–Crippen MR) is 121 cm³/mol. The van der Waals surface area contributed by atoms with Crippen molar-refractivity contribution in [2.24, 2.45) is 0 Å². The van der Waals surface area contributed by atoms with Crippen molar-refractivity contribution in [3.05, 3.63) is 65.2 Å². The number of aliphatic hydroxyl groups excluding tert-OH is 1. The molecule has 0 saturated carbocycles. The van der Waals surface area contributed by atoms with Gasteiger partial charge in [-0.15, -0.1) is 0 Å². The summed E-state index contributed by atoms with van der Waals surface area (Å²) < 4.78 is 16.4. The standard InChI is InChI=1S/C25H29NO6/c1-16(2)32-15-9-14-26-22(17-10-6-5-7-11-17)21(24(28)25(26)29)23(27)20-18(30-3)12-8-13-19(20)31-4/h5-8,10-13,16,22,27H,9,14-15H2,1-4H3/b23-21+. The number of amides is 1. The summed E-state index contributed by atoms with van der Waals surface area (Å²) >= 11 is 0. The van der Waals surface area contributed by atoms with E-state index in [0.29, 0.717) is 31.1 Å². The molecule has 7 nitrogen and oxygen atoms in total. The third-order valence-corrected chi connectivity index (χ3v) is 5.31. The molecule has 1 aliphatic heterocycles. The maximum atomic E-state index is 13.1. The molecular weight excluding hydrogens is 410 g/mol. The molecule has 0 radical (unpaired) electrons. The van der Waals surface area contributed by atoms with E-state index in [0.717, 1.165) is 5.56 Å². The fourth-order valence-corrected chi connectivity index (χ4v) is 3.87. The molecule has 1 atom stereocenters. The highest BCUT2D eigenvalue weighted by molar-refractivity contribution is 6.46. The first-order valence-corrected chi connectivity index (χ1v) is 10.6. The average molecular weight is 440 g/mol. The molecule has 1 unspecified atom stereocenters. The van der Waals surface area contributed by atoms with Crippen molar-refractivity contribution in [2.75, 3.05) is 27.4 Å². The largest absolute Gasteiger partial charge is 0.506 e. The van der Waals surface area contributed by atoms with Gasteiger partial charge in [-0.1, -0.05) is 36.4 Å². The highest BCUT2D eigenvalue weighted by atomic mass is 16.5. The van der Waals surface area contributed by atoms with E-state index >= 15 is 0 Å². The van der Waals surface area contributed by atoms with Crippen molar-refractivity contribution < 1.29 is 28.9 Å². The molecule has 32 heavy (non-hydrogen) atoms. The van der Waals surface area contributed by atoms with Gasteiger partial charge >= 0.3 is 0 Å². The van der Waals surface area contributed by atoms with Crippen LogP contribution in [0, 0.1) is 0 Å². The Bertz CT molecular complexity index is 976. The molecule has 1 saturated heterocycles. The topological polar surface area (TPSA) is 85.3 Å². The zero-order valence-electron chi connectivity index (χ0n) is 18.8. The van der Waals surface area contributed by atoms with Gasteiger partial charge in [0.05, 0.1) is 31.9 Å². The minimum atomic E-state index is -0.742. The molecular formula is C25H29NO6. The van der Waals surface area contributed by atoms with E-state index in [1.165, 1.54) is 19.1 Å². The van der Waals surface area contributed by atoms with Crippen LogP contribution in [0.3, 0.4) is 0 Å². The molecule has 0 aliphatic carbocycles. The lowest BCUT2D eigenvalue weighted by atomic mass is 9.94. The average Bonchev–Trinajstić information content (AvgIpc) is 3.06. The lowest BCUT2D eigenvalue weighted by molar-refractivity contribution is -0.140. The molecule has 7 heteroatoms. The molecule has 1 amide bonds. The molecule has 170 valence electrons. The van der Waals surface area contributed by atoms with E-state index < -0.39 is 17.7 Å². The van der Waals surface area contributed by atoms with Gasteiger partial charge in [0.15, 0.2) is 0 Å². The van der Waals surface area contributed by atoms with Crippen LogP contribution >= 0.6 is 0 Å². The Morgan fingerprint density at radius 3 is 2.19 bits per heavy atom. The third kappa shape index (κ3) is 4.62. The summed E-state index contributed by atoms with van der Waals surface area (Å²) in [6, 6.07) is 13.5. The zero-order chi connectivity index (χ0) is 23.3. The Morgan fingerprint density at radius 1 is 1.00 bits per heavy atom. The number of hydrogen-bond donors (Lipinski definition) is 1. The van der Waals surface area contributed by atoms with Crippen molar-refractivity contribution in [2.45, 2.75) is 32.4 Å². The lowest BCUT2D eigenvalue weighted by Crippen LogP contribution is -2.31. The number of Topliss-reactive ketones (excluding diaryl/α,β-unsaturated/α-hetero) is 1. The highest BCUT2D eigenvalue weighted by Gasteiger charge is 2.46. The minimum absolute atomic E-state index is 0.00813. The van der Waals surface area contributed by atoms with E-state index in [4.69, 9.17) is 14.2 Å². The van der Waals surface area contributed by atoms with Crippen LogP contribution in [0.4, 0.5) is 0 Å². The van der Waals surface area contributed by atoms with Crippen molar-refractivity contribution in [3.63, 3.8) is 0 Å². The Hall–Kier alpha value is -3.32. The zero-order valence-corrected chi connectivity index (χ0v) is 18.8. The number of carbonyl (C=O) groups is 2. The van der Waals surface area contributed by atoms with Crippen LogP contribution in [-0.2, 0) is 14.3 Å². The predicted octanol–water partition coefficient (Wildman–Crippen LogP) is 3.94. The van der Waals surface area contributed by atoms with Crippen molar-refractivity contribution in [1.82, 2.24) is 4.90 Å². The van der Waals surface area contributed by atoms with E-state index in [2.05, 4.69) is 0 Å². The number of methoxy groups -OCH3 is 2. The number of nitrogens with zero attached hydrogens (tertiary/aromatic N) is 1. The minimum Gasteiger partial charge on any atom is -0.506 e. The second kappa shape index (κ2) is 10.3. The fourth-order valence-electron chi connectivity index (χ4n) is 3.87. The van der Waals surface area contributed by atoms with Gasteiger partial charge in [-0.3, -0.25) is 9.59 Å². The first-order chi connectivity index (χ1) is 15.4. The summed E-state index contributed by atoms with van der Waals surface area (Å²) in [7, 11) is 2.93. The van der Waals surface area contributed by atoms with Gasteiger partial charge in [-0.2, -0.15) is 0 Å². The molecule has 2 aromatic carbocycles. The number of benzene rings is 2. The molecule has 0 bridgehead atoms. The fraction of sp³-hybridized carbons (Fsp3) is 0.360. The number of aliphatic hydroxyl groups is 1. The van der Waals surface area contributed by atoms with Crippen molar-refractivity contribution >= 4 is 17.4 Å². The van der Waals surface area contributed by atoms with E-state index in [1.54, 1.807) is 18.2 Å². The number of likely N-dealkylation sites (tertiary alicyclic amines) is 1. The third-order valence-electron chi connectivity index (χ3n) is 5.31. The molecule has 1 N–H and O–H groups in total. The van der Waals surface area contributed by atoms with Crippen LogP contribution in [0.1, 0.15) is 37.4 Å². The highest BCUT2D eigenvalue weighted by Crippen LogP contribution is 2.43. The monoisotopic (exact) mass is 439 g/mol. The first kappa shape index (κ1) is 23.3. The van der Waals surface area contributed by atoms with Crippen LogP contribution in [0.25, 0.3) is 5.76 Å². The van der Waals surface area contributed by atoms with Gasteiger partial charge in [0.2, 0.25) is 0 Å². The molecule has 0 spiro atoms. The van der Waals surface area contributed by atoms with Crippen LogP contribution in [-0.4, -0.2) is 55.2 Å². The van der Waals surface area contributed by atoms with E-state index in [-0.39, 0.29) is 23.0 Å². The Balaban J connectivity index is 2.11. The summed E-state index contributed by atoms with van der Waals surface area (Å²) in [6.45, 7) is 4.66. The lowest BCUT2D eigenvalue weighted by Gasteiger charge is -2.25. The molecule has 0 aromatic heterocycles. The van der Waals surface area contributed by atoms with Crippen molar-refractivity contribution in [1.29, 1.82) is 0 Å². The quantitative estimate of drug-likeness (QED) is 0.276. The van der Waals surface area contributed by atoms with Crippen LogP contribution in [0.2, 0.25) is 0 Å². The summed E-state index contributed by atoms with van der Waals surface area (Å²) in [5.74, 6) is -1.05. The molecule has 1 fully saturated rings. The normalized spacial score (nSPS) is 17.8. The van der Waals surface area contributed by atoms with Gasteiger partial charge in [-0.25, -0.2) is 0 Å². The SMILES string of the molecule is COc1cccc(OC)c1/C(O)=C1\C(=O)C(=O)N(CCCOC(C)C)C1c1ccccc1. The van der Waals surface area contributed by atoms with Gasteiger partial charge < -0.3 is 24.2 Å². The summed E-state index contributed by atoms with van der Waals surface area (Å²) in [5, 5.41) is 11.3. The summed E-state index contributed by atoms with van der Waals surface area (Å²) in [4.78, 5) is 27.6. The number of hydrogen-bond acceptors (Lipinski definition) is 6. The number of ketones is 1. The van der Waals surface area contributed by atoms with E-state index in [1.807, 2.05) is 44.2 Å². The van der Waals surface area contributed by atoms with Gasteiger partial charge in [0.25, 0.3) is 11.7 Å². The Morgan fingerprint density at radius 2 is 1.62 bits per heavy atom. The molecule has 1 aliphatic rings. The number of rotatable bonds is 9. The maximum absolute atomic E-state index is 13.1. The summed E-state index contributed by atoms with van der Waals surface area (Å²) in [6.07, 6.45) is 0.639. The molecule has 3 rings (SSSR count). The van der Waals surface area contributed by atoms with Gasteiger partial charge in [0, 0.05) is 13.2 Å². The maximum Gasteiger partial charge on any atom is 0.295 e. The summed E-state index contributed by atoms with van der Waals surface area (Å²) in [5.41, 5.74) is 0.972. The molecule has 1 heterocycles. The second-order valence-corrected chi connectivity index (χ2v) is 7.71. The number of ether oxygens (including phenoxy) is 3. The number of carbonyl (C=O) groups excluding carboxylic acids is 2. The second-order valence-electron chi connectivity index (χ2n) is 7.71. The Kier molecular flexibility index (Phi) is 7.53. The molecule has 2 aromatic rings. The van der Waals surface area contributed by atoms with Crippen LogP contribution in [0.15, 0.2) is 54.1 Å².